The number of imidazole rings is 1. The molecule has 14 heavy (non-hydrogen) atoms. The number of nitrogens with two attached hydrogens (primary N) is 1. The van der Waals surface area contributed by atoms with Gasteiger partial charge in [0, 0.05) is 31.6 Å². The van der Waals surface area contributed by atoms with Gasteiger partial charge >= 0.3 is 0 Å². The number of rotatable bonds is 3. The van der Waals surface area contributed by atoms with Crippen molar-refractivity contribution in [1.82, 2.24) is 9.38 Å². The fourth-order valence-corrected chi connectivity index (χ4v) is 1.39. The molecule has 0 aromatic carbocycles. The van der Waals surface area contributed by atoms with Gasteiger partial charge in [0.05, 0.1) is 12.3 Å². The molecule has 2 aromatic heterocycles. The molecule has 0 saturated carbocycles. The number of nitrogen functional groups attached to an aromatic ring is 1. The van der Waals surface area contributed by atoms with Crippen molar-refractivity contribution < 1.29 is 4.74 Å². The summed E-state index contributed by atoms with van der Waals surface area (Å²) >= 11 is 0. The van der Waals surface area contributed by atoms with E-state index < -0.39 is 0 Å². The number of anilines is 1. The van der Waals surface area contributed by atoms with Gasteiger partial charge in [0.25, 0.3) is 0 Å². The molecule has 0 amide bonds. The highest BCUT2D eigenvalue weighted by Crippen LogP contribution is 2.09. The molecule has 0 fully saturated rings. The average molecular weight is 191 g/mol. The third-order valence-electron chi connectivity index (χ3n) is 2.09. The first-order valence-electron chi connectivity index (χ1n) is 4.51. The second kappa shape index (κ2) is 3.67. The number of fused-ring (bicyclic) bond motifs is 1. The van der Waals surface area contributed by atoms with Crippen LogP contribution in [0.5, 0.6) is 0 Å². The Morgan fingerprint density at radius 3 is 3.07 bits per heavy atom. The first-order valence-corrected chi connectivity index (χ1v) is 4.51. The molecular weight excluding hydrogens is 178 g/mol. The molecule has 0 saturated heterocycles. The molecular formula is C10H13N3O. The summed E-state index contributed by atoms with van der Waals surface area (Å²) in [5, 5.41) is 0. The molecule has 0 aliphatic carbocycles. The van der Waals surface area contributed by atoms with Gasteiger partial charge in [-0.25, -0.2) is 4.98 Å². The fourth-order valence-electron chi connectivity index (χ4n) is 1.39. The van der Waals surface area contributed by atoms with Gasteiger partial charge in [-0.2, -0.15) is 0 Å². The van der Waals surface area contributed by atoms with Crippen LogP contribution in [0.3, 0.4) is 0 Å². The standard InChI is InChI=1S/C10H13N3O/c1-14-5-4-9-7-13-6-8(11)2-3-10(13)12-9/h2-3,6-7H,4-5,11H2,1H3. The molecule has 0 radical (unpaired) electrons. The molecule has 2 aromatic rings. The number of aromatic nitrogens is 2. The summed E-state index contributed by atoms with van der Waals surface area (Å²) in [4.78, 5) is 4.42. The number of hydrogen-bond acceptors (Lipinski definition) is 3. The van der Waals surface area contributed by atoms with Crippen LogP contribution in [0.25, 0.3) is 5.65 Å². The van der Waals surface area contributed by atoms with Gasteiger partial charge in [-0.05, 0) is 12.1 Å². The van der Waals surface area contributed by atoms with Crippen LogP contribution < -0.4 is 5.73 Å². The molecule has 0 spiro atoms. The van der Waals surface area contributed by atoms with E-state index in [1.54, 1.807) is 7.11 Å². The van der Waals surface area contributed by atoms with Crippen LogP contribution in [0.1, 0.15) is 5.69 Å². The molecule has 2 heterocycles. The van der Waals surface area contributed by atoms with Gasteiger partial charge in [0.1, 0.15) is 5.65 Å². The highest BCUT2D eigenvalue weighted by Gasteiger charge is 2.00. The lowest BCUT2D eigenvalue weighted by atomic mass is 10.3. The molecule has 0 aliphatic rings. The predicted octanol–water partition coefficient (Wildman–Crippen LogP) is 1.11. The van der Waals surface area contributed by atoms with Crippen molar-refractivity contribution in [2.24, 2.45) is 0 Å². The summed E-state index contributed by atoms with van der Waals surface area (Å²) in [7, 11) is 1.69. The first kappa shape index (κ1) is 9.02. The summed E-state index contributed by atoms with van der Waals surface area (Å²) in [6.45, 7) is 0.694. The van der Waals surface area contributed by atoms with Crippen LogP contribution in [0, 0.1) is 0 Å². The van der Waals surface area contributed by atoms with E-state index in [2.05, 4.69) is 4.98 Å². The van der Waals surface area contributed by atoms with Gasteiger partial charge in [0.15, 0.2) is 0 Å². The minimum atomic E-state index is 0.694. The highest BCUT2D eigenvalue weighted by molar-refractivity contribution is 5.48. The van der Waals surface area contributed by atoms with Crippen LogP contribution >= 0.6 is 0 Å². The number of pyridine rings is 1. The van der Waals surface area contributed by atoms with Crippen molar-refractivity contribution in [3.8, 4) is 0 Å². The minimum absolute atomic E-state index is 0.694. The maximum Gasteiger partial charge on any atom is 0.137 e. The zero-order valence-electron chi connectivity index (χ0n) is 8.10. The van der Waals surface area contributed by atoms with E-state index >= 15 is 0 Å². The summed E-state index contributed by atoms with van der Waals surface area (Å²) in [5.41, 5.74) is 8.35. The smallest absolute Gasteiger partial charge is 0.137 e. The first-order chi connectivity index (χ1) is 6.79. The fraction of sp³-hybridized carbons (Fsp3) is 0.300. The van der Waals surface area contributed by atoms with E-state index in [0.717, 1.165) is 23.4 Å². The summed E-state index contributed by atoms with van der Waals surface area (Å²) in [6, 6.07) is 3.76. The van der Waals surface area contributed by atoms with E-state index in [9.17, 15) is 0 Å². The zero-order chi connectivity index (χ0) is 9.97. The lowest BCUT2D eigenvalue weighted by Crippen LogP contribution is -1.93. The van der Waals surface area contributed by atoms with Gasteiger partial charge in [-0.3, -0.25) is 0 Å². The van der Waals surface area contributed by atoms with Gasteiger partial charge in [0.2, 0.25) is 0 Å². The van der Waals surface area contributed by atoms with E-state index in [0.29, 0.717) is 6.61 Å². The molecule has 2 N–H and O–H groups in total. The predicted molar refractivity (Wildman–Crippen MR) is 55.2 cm³/mol. The van der Waals surface area contributed by atoms with Crippen LogP contribution in [0.4, 0.5) is 5.69 Å². The van der Waals surface area contributed by atoms with Crippen molar-refractivity contribution in [2.45, 2.75) is 6.42 Å². The average Bonchev–Trinajstić information content (AvgIpc) is 2.56. The van der Waals surface area contributed by atoms with Gasteiger partial charge in [-0.15, -0.1) is 0 Å². The third kappa shape index (κ3) is 1.70. The quantitative estimate of drug-likeness (QED) is 0.790. The number of nitrogens with zero attached hydrogens (tertiary/aromatic N) is 2. The minimum Gasteiger partial charge on any atom is -0.398 e. The van der Waals surface area contributed by atoms with Crippen molar-refractivity contribution in [3.63, 3.8) is 0 Å². The molecule has 2 rings (SSSR count). The Morgan fingerprint density at radius 1 is 1.43 bits per heavy atom. The Kier molecular flexibility index (Phi) is 2.37. The Labute approximate surface area is 82.3 Å². The third-order valence-corrected chi connectivity index (χ3v) is 2.09. The highest BCUT2D eigenvalue weighted by atomic mass is 16.5. The molecule has 0 bridgehead atoms. The maximum atomic E-state index is 5.66. The lowest BCUT2D eigenvalue weighted by Gasteiger charge is -1.93. The molecule has 0 unspecified atom stereocenters. The SMILES string of the molecule is COCCc1cn2cc(N)ccc2n1. The van der Waals surface area contributed by atoms with Crippen LogP contribution in [-0.2, 0) is 11.2 Å². The summed E-state index contributed by atoms with van der Waals surface area (Å²) < 4.78 is 6.92. The molecule has 0 atom stereocenters. The number of ether oxygens (including phenoxy) is 1. The maximum absolute atomic E-state index is 5.66. The van der Waals surface area contributed by atoms with E-state index in [4.69, 9.17) is 10.5 Å². The Bertz CT molecular complexity index is 436. The second-order valence-corrected chi connectivity index (χ2v) is 3.20. The number of methoxy groups -OCH3 is 1. The van der Waals surface area contributed by atoms with Crippen molar-refractivity contribution in [2.75, 3.05) is 19.5 Å². The van der Waals surface area contributed by atoms with Crippen LogP contribution in [0.15, 0.2) is 24.5 Å². The second-order valence-electron chi connectivity index (χ2n) is 3.20. The summed E-state index contributed by atoms with van der Waals surface area (Å²) in [6.07, 6.45) is 4.67. The van der Waals surface area contributed by atoms with Gasteiger partial charge < -0.3 is 14.9 Å². The molecule has 4 heteroatoms. The molecule has 74 valence electrons. The molecule has 0 aliphatic heterocycles. The zero-order valence-corrected chi connectivity index (χ0v) is 8.10. The lowest BCUT2D eigenvalue weighted by molar-refractivity contribution is 0.201. The Balaban J connectivity index is 2.32. The Hall–Kier alpha value is -1.55. The van der Waals surface area contributed by atoms with Crippen molar-refractivity contribution >= 4 is 11.3 Å². The van der Waals surface area contributed by atoms with E-state index in [1.165, 1.54) is 0 Å². The largest absolute Gasteiger partial charge is 0.398 e. The normalized spacial score (nSPS) is 10.9. The monoisotopic (exact) mass is 191 g/mol. The van der Waals surface area contributed by atoms with Crippen LogP contribution in [-0.4, -0.2) is 23.1 Å². The van der Waals surface area contributed by atoms with E-state index in [1.807, 2.05) is 28.9 Å². The number of hydrogen-bond donors (Lipinski definition) is 1. The summed E-state index contributed by atoms with van der Waals surface area (Å²) in [5.74, 6) is 0. The van der Waals surface area contributed by atoms with Gasteiger partial charge in [-0.1, -0.05) is 0 Å². The van der Waals surface area contributed by atoms with Crippen LogP contribution in [0.2, 0.25) is 0 Å². The topological polar surface area (TPSA) is 52.5 Å². The van der Waals surface area contributed by atoms with Crippen molar-refractivity contribution in [3.05, 3.63) is 30.2 Å². The van der Waals surface area contributed by atoms with E-state index in [-0.39, 0.29) is 0 Å². The van der Waals surface area contributed by atoms with Crippen molar-refractivity contribution in [1.29, 1.82) is 0 Å². The Morgan fingerprint density at radius 2 is 2.29 bits per heavy atom. The molecule has 4 nitrogen and oxygen atoms in total.